The monoisotopic (exact) mass is 369 g/mol. The van der Waals surface area contributed by atoms with E-state index < -0.39 is 17.6 Å². The molecule has 7 heteroatoms. The average molecular weight is 371 g/mol. The van der Waals surface area contributed by atoms with Crippen LogP contribution in [0.15, 0.2) is 47.5 Å². The van der Waals surface area contributed by atoms with E-state index in [0.29, 0.717) is 10.6 Å². The van der Waals surface area contributed by atoms with Gasteiger partial charge >= 0.3 is 0 Å². The summed E-state index contributed by atoms with van der Waals surface area (Å²) < 4.78 is 13.3. The predicted octanol–water partition coefficient (Wildman–Crippen LogP) is 4.66. The number of benzene rings is 2. The van der Waals surface area contributed by atoms with Crippen LogP contribution in [0.25, 0.3) is 5.57 Å². The minimum Gasteiger partial charge on any atom is -0.268 e. The van der Waals surface area contributed by atoms with Gasteiger partial charge in [0, 0.05) is 5.02 Å². The van der Waals surface area contributed by atoms with Crippen molar-refractivity contribution in [2.75, 3.05) is 4.90 Å². The molecule has 2 amide bonds. The number of imide groups is 1. The summed E-state index contributed by atoms with van der Waals surface area (Å²) in [5.74, 6) is -1.94. The molecular formula is C16H7Cl3FNO2. The van der Waals surface area contributed by atoms with Gasteiger partial charge in [-0.15, -0.1) is 0 Å². The number of rotatable bonds is 2. The van der Waals surface area contributed by atoms with Crippen molar-refractivity contribution in [2.45, 2.75) is 0 Å². The zero-order valence-electron chi connectivity index (χ0n) is 11.3. The van der Waals surface area contributed by atoms with Crippen LogP contribution in [0.2, 0.25) is 10.0 Å². The molecule has 2 aromatic rings. The summed E-state index contributed by atoms with van der Waals surface area (Å²) in [5, 5.41) is 0.0846. The van der Waals surface area contributed by atoms with Gasteiger partial charge in [-0.05, 0) is 35.9 Å². The van der Waals surface area contributed by atoms with E-state index in [2.05, 4.69) is 0 Å². The molecule has 0 radical (unpaired) electrons. The molecule has 3 nitrogen and oxygen atoms in total. The van der Waals surface area contributed by atoms with Crippen molar-refractivity contribution < 1.29 is 14.0 Å². The second kappa shape index (κ2) is 5.96. The van der Waals surface area contributed by atoms with Crippen LogP contribution >= 0.6 is 34.8 Å². The van der Waals surface area contributed by atoms with Crippen molar-refractivity contribution in [3.05, 3.63) is 68.9 Å². The summed E-state index contributed by atoms with van der Waals surface area (Å²) in [4.78, 5) is 25.8. The van der Waals surface area contributed by atoms with Crippen molar-refractivity contribution in [3.8, 4) is 0 Å². The molecule has 3 rings (SSSR count). The van der Waals surface area contributed by atoms with Crippen LogP contribution in [0.5, 0.6) is 0 Å². The Balaban J connectivity index is 2.05. The molecule has 0 aromatic heterocycles. The Morgan fingerprint density at radius 3 is 2.13 bits per heavy atom. The van der Waals surface area contributed by atoms with Crippen molar-refractivity contribution in [3.63, 3.8) is 0 Å². The lowest BCUT2D eigenvalue weighted by atomic mass is 10.1. The lowest BCUT2D eigenvalue weighted by Gasteiger charge is -2.15. The predicted molar refractivity (Wildman–Crippen MR) is 88.1 cm³/mol. The molecule has 0 unspecified atom stereocenters. The second-order valence-corrected chi connectivity index (χ2v) is 5.96. The first kappa shape index (κ1) is 16.0. The van der Waals surface area contributed by atoms with Crippen molar-refractivity contribution in [2.24, 2.45) is 0 Å². The van der Waals surface area contributed by atoms with E-state index in [-0.39, 0.29) is 21.3 Å². The first-order chi connectivity index (χ1) is 10.9. The van der Waals surface area contributed by atoms with Crippen molar-refractivity contribution in [1.29, 1.82) is 0 Å². The highest BCUT2D eigenvalue weighted by molar-refractivity contribution is 6.60. The maximum atomic E-state index is 13.3. The molecule has 0 saturated heterocycles. The standard InChI is InChI=1S/C16H7Cl3FNO2/c17-9-3-1-8(2-4-9)13-14(19)16(23)21(15(13)22)10-5-6-12(20)11(18)7-10/h1-7H. The van der Waals surface area contributed by atoms with Crippen LogP contribution in [0.4, 0.5) is 10.1 Å². The molecule has 0 atom stereocenters. The number of hydrogen-bond acceptors (Lipinski definition) is 2. The highest BCUT2D eigenvalue weighted by Crippen LogP contribution is 2.36. The van der Waals surface area contributed by atoms with E-state index in [9.17, 15) is 14.0 Å². The summed E-state index contributed by atoms with van der Waals surface area (Å²) in [5.41, 5.74) is 0.677. The number of amides is 2. The van der Waals surface area contributed by atoms with Crippen LogP contribution in [-0.4, -0.2) is 11.8 Å². The van der Waals surface area contributed by atoms with E-state index >= 15 is 0 Å². The largest absolute Gasteiger partial charge is 0.277 e. The second-order valence-electron chi connectivity index (χ2n) is 4.74. The van der Waals surface area contributed by atoms with Crippen LogP contribution in [-0.2, 0) is 9.59 Å². The summed E-state index contributed by atoms with van der Waals surface area (Å²) in [6, 6.07) is 9.91. The smallest absolute Gasteiger partial charge is 0.268 e. The fourth-order valence-electron chi connectivity index (χ4n) is 2.23. The Kier molecular flexibility index (Phi) is 4.15. The Morgan fingerprint density at radius 2 is 1.52 bits per heavy atom. The maximum absolute atomic E-state index is 13.3. The van der Waals surface area contributed by atoms with Gasteiger partial charge in [0.25, 0.3) is 11.8 Å². The number of anilines is 1. The van der Waals surface area contributed by atoms with Gasteiger partial charge in [-0.3, -0.25) is 9.59 Å². The van der Waals surface area contributed by atoms with Gasteiger partial charge in [0.2, 0.25) is 0 Å². The van der Waals surface area contributed by atoms with E-state index in [1.165, 1.54) is 12.1 Å². The first-order valence-electron chi connectivity index (χ1n) is 6.39. The average Bonchev–Trinajstić information content (AvgIpc) is 2.74. The normalized spacial score (nSPS) is 14.9. The highest BCUT2D eigenvalue weighted by atomic mass is 35.5. The lowest BCUT2D eigenvalue weighted by molar-refractivity contribution is -0.119. The van der Waals surface area contributed by atoms with Gasteiger partial charge in [0.15, 0.2) is 0 Å². The Bertz CT molecular complexity index is 862. The summed E-state index contributed by atoms with van der Waals surface area (Å²) in [7, 11) is 0. The molecule has 0 bridgehead atoms. The highest BCUT2D eigenvalue weighted by Gasteiger charge is 2.39. The van der Waals surface area contributed by atoms with Gasteiger partial charge < -0.3 is 0 Å². The third kappa shape index (κ3) is 2.74. The quantitative estimate of drug-likeness (QED) is 0.721. The van der Waals surface area contributed by atoms with Crippen LogP contribution in [0.3, 0.4) is 0 Å². The summed E-state index contributed by atoms with van der Waals surface area (Å²) in [6.45, 7) is 0. The third-order valence-corrected chi connectivity index (χ3v) is 4.21. The Labute approximate surface area is 145 Å². The maximum Gasteiger partial charge on any atom is 0.277 e. The van der Waals surface area contributed by atoms with E-state index in [1.54, 1.807) is 24.3 Å². The molecular weight excluding hydrogens is 364 g/mol. The van der Waals surface area contributed by atoms with Gasteiger partial charge in [0.05, 0.1) is 16.3 Å². The van der Waals surface area contributed by atoms with Crippen LogP contribution < -0.4 is 4.90 Å². The van der Waals surface area contributed by atoms with Gasteiger partial charge in [-0.1, -0.05) is 46.9 Å². The topological polar surface area (TPSA) is 37.4 Å². The molecule has 0 saturated carbocycles. The number of nitrogens with zero attached hydrogens (tertiary/aromatic N) is 1. The minimum atomic E-state index is -0.690. The van der Waals surface area contributed by atoms with Gasteiger partial charge in [-0.25, -0.2) is 9.29 Å². The molecule has 0 spiro atoms. The molecule has 1 aliphatic rings. The molecule has 1 aliphatic heterocycles. The molecule has 0 fully saturated rings. The van der Waals surface area contributed by atoms with Crippen molar-refractivity contribution in [1.82, 2.24) is 0 Å². The number of halogens is 4. The van der Waals surface area contributed by atoms with Crippen LogP contribution in [0, 0.1) is 5.82 Å². The van der Waals surface area contributed by atoms with Crippen molar-refractivity contribution >= 4 is 57.9 Å². The number of hydrogen-bond donors (Lipinski definition) is 0. The molecule has 0 aliphatic carbocycles. The van der Waals surface area contributed by atoms with Gasteiger partial charge in [-0.2, -0.15) is 0 Å². The summed E-state index contributed by atoms with van der Waals surface area (Å²) in [6.07, 6.45) is 0. The molecule has 2 aromatic carbocycles. The zero-order chi connectivity index (χ0) is 16.7. The Morgan fingerprint density at radius 1 is 0.870 bits per heavy atom. The molecule has 1 heterocycles. The molecule has 23 heavy (non-hydrogen) atoms. The fourth-order valence-corrected chi connectivity index (χ4v) is 2.80. The number of carbonyl (C=O) groups is 2. The first-order valence-corrected chi connectivity index (χ1v) is 7.53. The molecule has 116 valence electrons. The third-order valence-electron chi connectivity index (χ3n) is 3.32. The fraction of sp³-hybridized carbons (Fsp3) is 0. The SMILES string of the molecule is O=C1C(Cl)=C(c2ccc(Cl)cc2)C(=O)N1c1ccc(F)c(Cl)c1. The van der Waals surface area contributed by atoms with E-state index in [1.807, 2.05) is 0 Å². The van der Waals surface area contributed by atoms with E-state index in [4.69, 9.17) is 34.8 Å². The lowest BCUT2D eigenvalue weighted by Crippen LogP contribution is -2.31. The zero-order valence-corrected chi connectivity index (χ0v) is 13.6. The molecule has 0 N–H and O–H groups in total. The van der Waals surface area contributed by atoms with Gasteiger partial charge in [0.1, 0.15) is 10.8 Å². The number of carbonyl (C=O) groups excluding carboxylic acids is 2. The summed E-state index contributed by atoms with van der Waals surface area (Å²) >= 11 is 17.6. The Hall–Kier alpha value is -1.88. The van der Waals surface area contributed by atoms with Crippen LogP contribution in [0.1, 0.15) is 5.56 Å². The van der Waals surface area contributed by atoms with E-state index in [0.717, 1.165) is 11.0 Å². The minimum absolute atomic E-state index is 0.0637.